The first kappa shape index (κ1) is 32.6. The average molecular weight is 732 g/mol. The minimum absolute atomic E-state index is 0.595. The lowest BCUT2D eigenvalue weighted by Crippen LogP contribution is -2.10. The molecular weight excluding hydrogens is 699 g/mol. The molecule has 0 saturated carbocycles. The van der Waals surface area contributed by atoms with Gasteiger partial charge in [0.2, 0.25) is 0 Å². The molecule has 0 spiro atoms. The Morgan fingerprint density at radius 1 is 0.386 bits per heavy atom. The minimum Gasteiger partial charge on any atom is -0.454 e. The van der Waals surface area contributed by atoms with Gasteiger partial charge in [-0.3, -0.25) is 0 Å². The van der Waals surface area contributed by atoms with Crippen LogP contribution in [0.1, 0.15) is 0 Å². The third kappa shape index (κ3) is 5.62. The van der Waals surface area contributed by atoms with Crippen molar-refractivity contribution in [2.24, 2.45) is 0 Å². The van der Waals surface area contributed by atoms with Gasteiger partial charge in [-0.15, -0.1) is 0 Å². The maximum atomic E-state index is 6.82. The van der Waals surface area contributed by atoms with Crippen LogP contribution in [-0.2, 0) is 0 Å². The van der Waals surface area contributed by atoms with E-state index in [9.17, 15) is 0 Å². The number of hydrogen-bond donors (Lipinski definition) is 0. The number of nitrogens with zero attached hydrogens (tertiary/aromatic N) is 5. The molecule has 0 radical (unpaired) electrons. The molecule has 0 aliphatic heterocycles. The van der Waals surface area contributed by atoms with Crippen LogP contribution in [0.3, 0.4) is 0 Å². The summed E-state index contributed by atoms with van der Waals surface area (Å²) in [5.74, 6) is 1.84. The van der Waals surface area contributed by atoms with Crippen molar-refractivity contribution in [2.75, 3.05) is 4.90 Å². The van der Waals surface area contributed by atoms with Gasteiger partial charge in [-0.05, 0) is 60.7 Å². The highest BCUT2D eigenvalue weighted by Gasteiger charge is 2.21. The first-order chi connectivity index (χ1) is 28.3. The lowest BCUT2D eigenvalue weighted by atomic mass is 10.1. The van der Waals surface area contributed by atoms with Crippen LogP contribution >= 0.6 is 0 Å². The SMILES string of the molecule is c1ccc(-c2nc(-c3ccccc3)nc(-c3cccc(N(c4ccccc4)c4cccc5c4oc4ccc(-n6c7ccccc7c7ccccc76)cc45)c3)n2)cc1. The molecule has 3 aromatic heterocycles. The van der Waals surface area contributed by atoms with Crippen molar-refractivity contribution in [2.45, 2.75) is 0 Å². The Kier molecular flexibility index (Phi) is 7.71. The fourth-order valence-corrected chi connectivity index (χ4v) is 8.01. The van der Waals surface area contributed by atoms with E-state index in [0.29, 0.717) is 17.5 Å². The maximum Gasteiger partial charge on any atom is 0.164 e. The quantitative estimate of drug-likeness (QED) is 0.163. The molecule has 3 heterocycles. The smallest absolute Gasteiger partial charge is 0.164 e. The van der Waals surface area contributed by atoms with Crippen molar-refractivity contribution in [3.05, 3.63) is 200 Å². The highest BCUT2D eigenvalue weighted by molar-refractivity contribution is 6.12. The zero-order chi connectivity index (χ0) is 37.7. The van der Waals surface area contributed by atoms with Crippen molar-refractivity contribution in [3.63, 3.8) is 0 Å². The number of furan rings is 1. The van der Waals surface area contributed by atoms with Crippen molar-refractivity contribution in [1.29, 1.82) is 0 Å². The molecule has 8 aromatic carbocycles. The van der Waals surface area contributed by atoms with Gasteiger partial charge < -0.3 is 13.9 Å². The van der Waals surface area contributed by atoms with E-state index in [4.69, 9.17) is 19.4 Å². The molecule has 268 valence electrons. The van der Waals surface area contributed by atoms with Crippen molar-refractivity contribution in [3.8, 4) is 39.9 Å². The number of fused-ring (bicyclic) bond motifs is 6. The summed E-state index contributed by atoms with van der Waals surface area (Å²) in [5, 5.41) is 4.57. The zero-order valence-corrected chi connectivity index (χ0v) is 30.7. The summed E-state index contributed by atoms with van der Waals surface area (Å²) in [4.78, 5) is 17.2. The Bertz CT molecular complexity index is 3130. The van der Waals surface area contributed by atoms with Crippen molar-refractivity contribution in [1.82, 2.24) is 19.5 Å². The molecule has 6 nitrogen and oxygen atoms in total. The van der Waals surface area contributed by atoms with E-state index in [-0.39, 0.29) is 0 Å². The van der Waals surface area contributed by atoms with Crippen LogP contribution < -0.4 is 4.90 Å². The number of hydrogen-bond acceptors (Lipinski definition) is 5. The second kappa shape index (κ2) is 13.5. The molecule has 11 aromatic rings. The topological polar surface area (TPSA) is 60.0 Å². The van der Waals surface area contributed by atoms with Crippen LogP contribution in [0.15, 0.2) is 205 Å². The standard InChI is InChI=1S/C51H33N5O/c1-4-16-34(17-5-1)49-52-50(35-18-6-2-7-19-35)54-51(53-49)36-20-14-23-38(32-36)55(37-21-8-3-9-22-37)46-29-15-26-42-43-33-39(30-31-47(43)57-48(42)46)56-44-27-12-10-24-40(44)41-25-11-13-28-45(41)56/h1-33H. The lowest BCUT2D eigenvalue weighted by Gasteiger charge is -2.26. The second-order valence-electron chi connectivity index (χ2n) is 14.1. The normalized spacial score (nSPS) is 11.5. The van der Waals surface area contributed by atoms with Gasteiger partial charge in [0.25, 0.3) is 0 Å². The number of rotatable bonds is 7. The number of benzene rings is 8. The third-order valence-corrected chi connectivity index (χ3v) is 10.6. The molecule has 6 heteroatoms. The number of aromatic nitrogens is 4. The summed E-state index contributed by atoms with van der Waals surface area (Å²) >= 11 is 0. The predicted octanol–water partition coefficient (Wildman–Crippen LogP) is 13.3. The monoisotopic (exact) mass is 731 g/mol. The molecular formula is C51H33N5O. The molecule has 57 heavy (non-hydrogen) atoms. The summed E-state index contributed by atoms with van der Waals surface area (Å²) in [6.45, 7) is 0. The average Bonchev–Trinajstić information content (AvgIpc) is 3.83. The predicted molar refractivity (Wildman–Crippen MR) is 232 cm³/mol. The zero-order valence-electron chi connectivity index (χ0n) is 30.7. The Morgan fingerprint density at radius 2 is 0.895 bits per heavy atom. The van der Waals surface area contributed by atoms with Gasteiger partial charge >= 0.3 is 0 Å². The Labute approximate surface area is 328 Å². The van der Waals surface area contributed by atoms with Crippen molar-refractivity contribution >= 4 is 60.8 Å². The summed E-state index contributed by atoms with van der Waals surface area (Å²) < 4.78 is 9.16. The Balaban J connectivity index is 1.07. The van der Waals surface area contributed by atoms with E-state index in [1.165, 1.54) is 21.8 Å². The highest BCUT2D eigenvalue weighted by Crippen LogP contribution is 2.43. The molecule has 0 aliphatic rings. The van der Waals surface area contributed by atoms with Crippen LogP contribution in [-0.4, -0.2) is 19.5 Å². The van der Waals surface area contributed by atoms with Crippen LogP contribution in [0.2, 0.25) is 0 Å². The minimum atomic E-state index is 0.595. The van der Waals surface area contributed by atoms with Crippen LogP contribution in [0.25, 0.3) is 83.6 Å². The molecule has 0 bridgehead atoms. The molecule has 0 fully saturated rings. The third-order valence-electron chi connectivity index (χ3n) is 10.6. The number of anilines is 3. The van der Waals surface area contributed by atoms with Gasteiger partial charge in [0.05, 0.1) is 16.7 Å². The summed E-state index contributed by atoms with van der Waals surface area (Å²) in [5.41, 5.74) is 10.7. The largest absolute Gasteiger partial charge is 0.454 e. The van der Waals surface area contributed by atoms with Gasteiger partial charge in [0.1, 0.15) is 5.58 Å². The van der Waals surface area contributed by atoms with E-state index in [0.717, 1.165) is 61.4 Å². The lowest BCUT2D eigenvalue weighted by molar-refractivity contribution is 0.669. The van der Waals surface area contributed by atoms with E-state index < -0.39 is 0 Å². The van der Waals surface area contributed by atoms with E-state index in [1.54, 1.807) is 0 Å². The van der Waals surface area contributed by atoms with Gasteiger partial charge in [0, 0.05) is 55.3 Å². The summed E-state index contributed by atoms with van der Waals surface area (Å²) in [7, 11) is 0. The fourth-order valence-electron chi connectivity index (χ4n) is 8.01. The molecule has 0 amide bonds. The summed E-state index contributed by atoms with van der Waals surface area (Å²) in [6.07, 6.45) is 0. The molecule has 0 N–H and O–H groups in total. The molecule has 0 aliphatic carbocycles. The second-order valence-corrected chi connectivity index (χ2v) is 14.1. The first-order valence-corrected chi connectivity index (χ1v) is 19.0. The van der Waals surface area contributed by atoms with Crippen molar-refractivity contribution < 1.29 is 4.42 Å². The van der Waals surface area contributed by atoms with Gasteiger partial charge in [-0.2, -0.15) is 0 Å². The molecule has 0 unspecified atom stereocenters. The van der Waals surface area contributed by atoms with Crippen LogP contribution in [0, 0.1) is 0 Å². The molecule has 0 saturated heterocycles. The van der Waals surface area contributed by atoms with Gasteiger partial charge in [-0.1, -0.05) is 140 Å². The Hall–Kier alpha value is -7.83. The van der Waals surface area contributed by atoms with E-state index in [2.05, 4.69) is 143 Å². The van der Waals surface area contributed by atoms with E-state index in [1.807, 2.05) is 66.7 Å². The van der Waals surface area contributed by atoms with Crippen LogP contribution in [0.4, 0.5) is 17.1 Å². The first-order valence-electron chi connectivity index (χ1n) is 19.0. The van der Waals surface area contributed by atoms with E-state index >= 15 is 0 Å². The fraction of sp³-hybridized carbons (Fsp3) is 0. The Morgan fingerprint density at radius 3 is 1.54 bits per heavy atom. The van der Waals surface area contributed by atoms with Gasteiger partial charge in [-0.25, -0.2) is 15.0 Å². The highest BCUT2D eigenvalue weighted by atomic mass is 16.3. The molecule has 11 rings (SSSR count). The van der Waals surface area contributed by atoms with Crippen LogP contribution in [0.5, 0.6) is 0 Å². The molecule has 0 atom stereocenters. The summed E-state index contributed by atoms with van der Waals surface area (Å²) in [6, 6.07) is 69.0. The maximum absolute atomic E-state index is 6.82. The van der Waals surface area contributed by atoms with Gasteiger partial charge in [0.15, 0.2) is 23.1 Å². The number of para-hydroxylation sites is 4.